The summed E-state index contributed by atoms with van der Waals surface area (Å²) in [6, 6.07) is 8.26. The summed E-state index contributed by atoms with van der Waals surface area (Å²) in [5.41, 5.74) is 0. The number of likely N-dealkylation sites (tertiary alicyclic amines) is 1. The second kappa shape index (κ2) is 8.66. The minimum atomic E-state index is 0.310. The molecule has 0 aliphatic carbocycles. The van der Waals surface area contributed by atoms with Gasteiger partial charge < -0.3 is 10.2 Å². The van der Waals surface area contributed by atoms with E-state index in [-0.39, 0.29) is 0 Å². The lowest BCUT2D eigenvalue weighted by Gasteiger charge is -2.24. The highest BCUT2D eigenvalue weighted by atomic mass is 35.5. The monoisotopic (exact) mass is 326 g/mol. The van der Waals surface area contributed by atoms with Crippen LogP contribution in [0.25, 0.3) is 0 Å². The average Bonchev–Trinajstić information content (AvgIpc) is 2.94. The third-order valence-corrected chi connectivity index (χ3v) is 5.10. The molecule has 0 saturated carbocycles. The molecule has 2 rings (SSSR count). The van der Waals surface area contributed by atoms with Crippen molar-refractivity contribution in [2.75, 3.05) is 25.9 Å². The van der Waals surface area contributed by atoms with Gasteiger partial charge in [-0.05, 0) is 56.3 Å². The Morgan fingerprint density at radius 1 is 1.43 bits per heavy atom. The number of amides is 1. The minimum absolute atomic E-state index is 0.310. The Morgan fingerprint density at radius 3 is 2.90 bits per heavy atom. The summed E-state index contributed by atoms with van der Waals surface area (Å²) in [4.78, 5) is 15.5. The number of thioether (sulfide) groups is 1. The van der Waals surface area contributed by atoms with Crippen LogP contribution in [0.3, 0.4) is 0 Å². The van der Waals surface area contributed by atoms with Crippen LogP contribution in [0.5, 0.6) is 0 Å². The van der Waals surface area contributed by atoms with Crippen LogP contribution < -0.4 is 5.32 Å². The zero-order chi connectivity index (χ0) is 15.1. The number of carbonyl (C=O) groups is 1. The maximum atomic E-state index is 12.3. The predicted molar refractivity (Wildman–Crippen MR) is 90.1 cm³/mol. The standard InChI is InChI=1S/C16H23ClN2OS/c1-18-12-14-4-2-10-19(14)16(20)5-3-11-21-15-8-6-13(17)7-9-15/h6-9,14,18H,2-5,10-12H2,1H3. The van der Waals surface area contributed by atoms with Gasteiger partial charge >= 0.3 is 0 Å². The lowest BCUT2D eigenvalue weighted by atomic mass is 10.2. The number of benzene rings is 1. The molecule has 3 nitrogen and oxygen atoms in total. The first-order valence-corrected chi connectivity index (χ1v) is 8.89. The molecule has 0 spiro atoms. The highest BCUT2D eigenvalue weighted by Gasteiger charge is 2.27. The topological polar surface area (TPSA) is 32.3 Å². The van der Waals surface area contributed by atoms with Crippen molar-refractivity contribution in [3.05, 3.63) is 29.3 Å². The van der Waals surface area contributed by atoms with Gasteiger partial charge in [0.25, 0.3) is 0 Å². The summed E-state index contributed by atoms with van der Waals surface area (Å²) < 4.78 is 0. The normalized spacial score (nSPS) is 18.2. The molecule has 116 valence electrons. The van der Waals surface area contributed by atoms with Gasteiger partial charge in [0.2, 0.25) is 5.91 Å². The summed E-state index contributed by atoms with van der Waals surface area (Å²) in [6.45, 7) is 1.83. The number of rotatable bonds is 7. The highest BCUT2D eigenvalue weighted by Crippen LogP contribution is 2.22. The van der Waals surface area contributed by atoms with Gasteiger partial charge in [-0.15, -0.1) is 11.8 Å². The quantitative estimate of drug-likeness (QED) is 0.615. The largest absolute Gasteiger partial charge is 0.338 e. The van der Waals surface area contributed by atoms with E-state index in [4.69, 9.17) is 11.6 Å². The van der Waals surface area contributed by atoms with Crippen molar-refractivity contribution in [1.29, 1.82) is 0 Å². The van der Waals surface area contributed by atoms with E-state index in [1.807, 2.05) is 31.3 Å². The van der Waals surface area contributed by atoms with E-state index in [1.54, 1.807) is 11.8 Å². The molecule has 0 aromatic heterocycles. The third-order valence-electron chi connectivity index (χ3n) is 3.75. The molecule has 1 amide bonds. The molecular weight excluding hydrogens is 304 g/mol. The van der Waals surface area contributed by atoms with E-state index < -0.39 is 0 Å². The SMILES string of the molecule is CNCC1CCCN1C(=O)CCCSc1ccc(Cl)cc1. The zero-order valence-electron chi connectivity index (χ0n) is 12.5. The van der Waals surface area contributed by atoms with Crippen LogP contribution >= 0.6 is 23.4 Å². The maximum absolute atomic E-state index is 12.3. The molecule has 0 radical (unpaired) electrons. The molecule has 1 atom stereocenters. The van der Waals surface area contributed by atoms with Gasteiger partial charge in [-0.2, -0.15) is 0 Å². The maximum Gasteiger partial charge on any atom is 0.222 e. The molecular formula is C16H23ClN2OS. The lowest BCUT2D eigenvalue weighted by Crippen LogP contribution is -2.40. The van der Waals surface area contributed by atoms with Crippen molar-refractivity contribution in [3.8, 4) is 0 Å². The number of hydrogen-bond donors (Lipinski definition) is 1. The van der Waals surface area contributed by atoms with Crippen LogP contribution in [-0.2, 0) is 4.79 Å². The van der Waals surface area contributed by atoms with Crippen molar-refractivity contribution in [1.82, 2.24) is 10.2 Å². The van der Waals surface area contributed by atoms with Crippen molar-refractivity contribution in [2.45, 2.75) is 36.6 Å². The summed E-state index contributed by atoms with van der Waals surface area (Å²) in [5, 5.41) is 3.94. The van der Waals surface area contributed by atoms with Crippen molar-refractivity contribution < 1.29 is 4.79 Å². The minimum Gasteiger partial charge on any atom is -0.338 e. The molecule has 1 aliphatic rings. The van der Waals surface area contributed by atoms with Gasteiger partial charge in [-0.1, -0.05) is 11.6 Å². The molecule has 5 heteroatoms. The first-order valence-electron chi connectivity index (χ1n) is 7.53. The van der Waals surface area contributed by atoms with Gasteiger partial charge in [0.05, 0.1) is 0 Å². The summed E-state index contributed by atoms with van der Waals surface area (Å²) in [7, 11) is 1.95. The molecule has 1 aromatic carbocycles. The molecule has 21 heavy (non-hydrogen) atoms. The van der Waals surface area contributed by atoms with Crippen molar-refractivity contribution in [2.24, 2.45) is 0 Å². The second-order valence-electron chi connectivity index (χ2n) is 5.35. The van der Waals surface area contributed by atoms with E-state index in [9.17, 15) is 4.79 Å². The Morgan fingerprint density at radius 2 is 2.19 bits per heavy atom. The first-order chi connectivity index (χ1) is 10.2. The van der Waals surface area contributed by atoms with Crippen molar-refractivity contribution >= 4 is 29.3 Å². The molecule has 1 aromatic rings. The van der Waals surface area contributed by atoms with Crippen LogP contribution in [0.4, 0.5) is 0 Å². The van der Waals surface area contributed by atoms with Gasteiger partial charge in [0.1, 0.15) is 0 Å². The third kappa shape index (κ3) is 5.20. The smallest absolute Gasteiger partial charge is 0.222 e. The van der Waals surface area contributed by atoms with Gasteiger partial charge in [-0.3, -0.25) is 4.79 Å². The number of nitrogens with one attached hydrogen (secondary N) is 1. The van der Waals surface area contributed by atoms with E-state index >= 15 is 0 Å². The van der Waals surface area contributed by atoms with Crippen LogP contribution in [0.2, 0.25) is 5.02 Å². The summed E-state index contributed by atoms with van der Waals surface area (Å²) in [5.74, 6) is 1.28. The molecule has 1 fully saturated rings. The average molecular weight is 327 g/mol. The molecule has 1 unspecified atom stereocenters. The molecule has 1 N–H and O–H groups in total. The Bertz CT molecular complexity index is 452. The summed E-state index contributed by atoms with van der Waals surface area (Å²) >= 11 is 7.64. The Hall–Kier alpha value is -0.710. The van der Waals surface area contributed by atoms with Crippen LogP contribution in [0.1, 0.15) is 25.7 Å². The van der Waals surface area contributed by atoms with E-state index in [0.717, 1.165) is 43.1 Å². The fraction of sp³-hybridized carbons (Fsp3) is 0.562. The summed E-state index contributed by atoms with van der Waals surface area (Å²) in [6.07, 6.45) is 3.85. The van der Waals surface area contributed by atoms with E-state index in [0.29, 0.717) is 18.4 Å². The van der Waals surface area contributed by atoms with Gasteiger partial charge in [-0.25, -0.2) is 0 Å². The lowest BCUT2D eigenvalue weighted by molar-refractivity contribution is -0.131. The molecule has 0 bridgehead atoms. The molecule has 1 saturated heterocycles. The fourth-order valence-corrected chi connectivity index (χ4v) is 3.68. The van der Waals surface area contributed by atoms with Gasteiger partial charge in [0, 0.05) is 35.5 Å². The Balaban J connectivity index is 1.68. The fourth-order valence-electron chi connectivity index (χ4n) is 2.70. The zero-order valence-corrected chi connectivity index (χ0v) is 14.1. The number of carbonyl (C=O) groups excluding carboxylic acids is 1. The highest BCUT2D eigenvalue weighted by molar-refractivity contribution is 7.99. The van der Waals surface area contributed by atoms with E-state index in [2.05, 4.69) is 10.2 Å². The predicted octanol–water partition coefficient (Wildman–Crippen LogP) is 3.42. The number of likely N-dealkylation sites (N-methyl/N-ethyl adjacent to an activating group) is 1. The van der Waals surface area contributed by atoms with Crippen LogP contribution in [0.15, 0.2) is 29.2 Å². The number of halogens is 1. The number of hydrogen-bond acceptors (Lipinski definition) is 3. The van der Waals surface area contributed by atoms with E-state index in [1.165, 1.54) is 4.90 Å². The first kappa shape index (κ1) is 16.7. The molecule has 1 aliphatic heterocycles. The van der Waals surface area contributed by atoms with Gasteiger partial charge in [0.15, 0.2) is 0 Å². The van der Waals surface area contributed by atoms with Crippen molar-refractivity contribution in [3.63, 3.8) is 0 Å². The Kier molecular flexibility index (Phi) is 6.87. The van der Waals surface area contributed by atoms with Crippen LogP contribution in [-0.4, -0.2) is 42.7 Å². The Labute approximate surface area is 136 Å². The van der Waals surface area contributed by atoms with Crippen LogP contribution in [0, 0.1) is 0 Å². The molecule has 1 heterocycles. The second-order valence-corrected chi connectivity index (χ2v) is 6.95. The number of nitrogens with zero attached hydrogens (tertiary/aromatic N) is 1.